The van der Waals surface area contributed by atoms with Crippen molar-refractivity contribution in [2.75, 3.05) is 14.1 Å². The molecule has 10 heteroatoms. The lowest BCUT2D eigenvalue weighted by Crippen LogP contribution is -2.23. The Morgan fingerprint density at radius 1 is 1.05 bits per heavy atom. The molecule has 0 aliphatic rings. The number of aliphatic hydroxyl groups excluding tert-OH is 1. The second kappa shape index (κ2) is 11.3. The molecule has 3 aromatic heterocycles. The number of nitrogens with zero attached hydrogens (tertiary/aromatic N) is 6. The molecule has 1 amide bonds. The number of benzene rings is 2. The van der Waals surface area contributed by atoms with Crippen LogP contribution in [0.25, 0.3) is 22.1 Å². The highest BCUT2D eigenvalue weighted by Crippen LogP contribution is 2.26. The first-order valence-corrected chi connectivity index (χ1v) is 13.7. The Hall–Kier alpha value is -4.67. The Morgan fingerprint density at radius 2 is 1.81 bits per heavy atom. The number of primary amides is 1. The topological polar surface area (TPSA) is 132 Å². The van der Waals surface area contributed by atoms with Crippen LogP contribution in [-0.2, 0) is 25.0 Å². The van der Waals surface area contributed by atoms with Gasteiger partial charge in [0.05, 0.1) is 40.8 Å². The van der Waals surface area contributed by atoms with Crippen LogP contribution >= 0.6 is 0 Å². The van der Waals surface area contributed by atoms with Crippen molar-refractivity contribution in [3.63, 3.8) is 0 Å². The minimum absolute atomic E-state index is 0.0700. The van der Waals surface area contributed by atoms with E-state index in [1.807, 2.05) is 50.6 Å². The third-order valence-electron chi connectivity index (χ3n) is 7.20. The third kappa shape index (κ3) is 5.72. The third-order valence-corrected chi connectivity index (χ3v) is 7.20. The van der Waals surface area contributed by atoms with Gasteiger partial charge < -0.3 is 15.7 Å². The smallest absolute Gasteiger partial charge is 0.279 e. The number of carbonyl (C=O) groups is 1. The zero-order chi connectivity index (χ0) is 30.2. The molecule has 0 spiro atoms. The van der Waals surface area contributed by atoms with Gasteiger partial charge in [0.2, 0.25) is 0 Å². The molecule has 0 saturated carbocycles. The molecular weight excluding hydrogens is 530 g/mol. The van der Waals surface area contributed by atoms with Gasteiger partial charge in [0.25, 0.3) is 11.5 Å². The molecular formula is C32H35N7O3. The van der Waals surface area contributed by atoms with Crippen molar-refractivity contribution in [3.8, 4) is 11.4 Å². The Kier molecular flexibility index (Phi) is 7.77. The number of hydrogen-bond acceptors (Lipinski definition) is 7. The lowest BCUT2D eigenvalue weighted by Gasteiger charge is -2.19. The zero-order valence-corrected chi connectivity index (χ0v) is 24.5. The Balaban J connectivity index is 1.55. The van der Waals surface area contributed by atoms with Crippen LogP contribution in [0, 0.1) is 0 Å². The van der Waals surface area contributed by atoms with Gasteiger partial charge in [-0.2, -0.15) is 14.9 Å². The fraction of sp³-hybridized carbons (Fsp3) is 0.281. The van der Waals surface area contributed by atoms with Crippen molar-refractivity contribution in [3.05, 3.63) is 111 Å². The summed E-state index contributed by atoms with van der Waals surface area (Å²) in [4.78, 5) is 32.5. The predicted octanol–water partition coefficient (Wildman–Crippen LogP) is 3.51. The predicted molar refractivity (Wildman–Crippen MR) is 162 cm³/mol. The van der Waals surface area contributed by atoms with Gasteiger partial charge in [-0.1, -0.05) is 39.0 Å². The molecule has 0 radical (unpaired) electrons. The summed E-state index contributed by atoms with van der Waals surface area (Å²) in [6.07, 6.45) is 5.31. The van der Waals surface area contributed by atoms with E-state index in [2.05, 4.69) is 40.9 Å². The summed E-state index contributed by atoms with van der Waals surface area (Å²) < 4.78 is 2.79. The van der Waals surface area contributed by atoms with E-state index in [1.165, 1.54) is 9.36 Å². The van der Waals surface area contributed by atoms with E-state index in [9.17, 15) is 14.7 Å². The van der Waals surface area contributed by atoms with Crippen molar-refractivity contribution < 1.29 is 9.90 Å². The van der Waals surface area contributed by atoms with E-state index in [0.29, 0.717) is 34.4 Å². The Morgan fingerprint density at radius 3 is 2.45 bits per heavy atom. The molecule has 3 heterocycles. The van der Waals surface area contributed by atoms with Crippen molar-refractivity contribution in [1.82, 2.24) is 29.4 Å². The number of hydrogen-bond donors (Lipinski definition) is 2. The van der Waals surface area contributed by atoms with Crippen LogP contribution in [0.1, 0.15) is 59.2 Å². The van der Waals surface area contributed by atoms with E-state index < -0.39 is 12.5 Å². The molecule has 5 aromatic rings. The quantitative estimate of drug-likeness (QED) is 0.294. The fourth-order valence-electron chi connectivity index (χ4n) is 4.99. The maximum absolute atomic E-state index is 13.6. The molecule has 0 aliphatic heterocycles. The largest absolute Gasteiger partial charge is 0.392 e. The fourth-order valence-corrected chi connectivity index (χ4v) is 4.99. The number of amides is 1. The first-order valence-electron chi connectivity index (χ1n) is 13.7. The molecule has 0 saturated heterocycles. The van der Waals surface area contributed by atoms with Crippen LogP contribution in [0.3, 0.4) is 0 Å². The summed E-state index contributed by atoms with van der Waals surface area (Å²) in [6.45, 7) is 6.72. The van der Waals surface area contributed by atoms with E-state index in [0.717, 1.165) is 28.8 Å². The highest BCUT2D eigenvalue weighted by Gasteiger charge is 2.20. The molecule has 0 fully saturated rings. The van der Waals surface area contributed by atoms with Crippen LogP contribution in [0.5, 0.6) is 0 Å². The molecule has 3 N–H and O–H groups in total. The summed E-state index contributed by atoms with van der Waals surface area (Å²) in [5, 5.41) is 20.9. The number of fused-ring (bicyclic) bond motifs is 1. The van der Waals surface area contributed by atoms with Gasteiger partial charge in [0.15, 0.2) is 0 Å². The average molecular weight is 566 g/mol. The van der Waals surface area contributed by atoms with Crippen LogP contribution in [0.15, 0.2) is 71.9 Å². The molecule has 0 atom stereocenters. The summed E-state index contributed by atoms with van der Waals surface area (Å²) in [6, 6.07) is 14.9. The summed E-state index contributed by atoms with van der Waals surface area (Å²) in [5.41, 5.74) is 10.3. The number of nitrogens with two attached hydrogens (primary N) is 1. The second-order valence-electron chi connectivity index (χ2n) is 11.7. The van der Waals surface area contributed by atoms with Gasteiger partial charge in [0.1, 0.15) is 0 Å². The molecule has 0 unspecified atom stereocenters. The van der Waals surface area contributed by atoms with Gasteiger partial charge in [-0.05, 0) is 61.0 Å². The van der Waals surface area contributed by atoms with Crippen molar-refractivity contribution >= 4 is 16.7 Å². The van der Waals surface area contributed by atoms with E-state index in [4.69, 9.17) is 5.73 Å². The monoisotopic (exact) mass is 565 g/mol. The molecule has 0 bridgehead atoms. The van der Waals surface area contributed by atoms with Crippen molar-refractivity contribution in [2.24, 2.45) is 5.73 Å². The van der Waals surface area contributed by atoms with Gasteiger partial charge in [-0.15, -0.1) is 0 Å². The number of rotatable bonds is 8. The van der Waals surface area contributed by atoms with Gasteiger partial charge >= 0.3 is 0 Å². The SMILES string of the molecule is CN(C)Cc1ccc(Cc2nn(-c3cccc(-n4ncc5cc(C(C)(C)C)ccc5c4=O)c3CO)cc2C(N)=O)nc1. The lowest BCUT2D eigenvalue weighted by molar-refractivity contribution is 0.0999. The van der Waals surface area contributed by atoms with Crippen molar-refractivity contribution in [1.29, 1.82) is 0 Å². The summed E-state index contributed by atoms with van der Waals surface area (Å²) in [5.74, 6) is -0.621. The standard InChI is InChI=1S/C32H35N7O3/c1-32(2,3)22-10-12-24-21(13-22)16-35-39(31(24)42)29-8-6-7-28(26(29)19-40)38-18-25(30(33)41)27(36-38)14-23-11-9-20(15-34-23)17-37(4)5/h6-13,15-16,18,40H,14,17,19H2,1-5H3,(H2,33,41). The van der Waals surface area contributed by atoms with Crippen LogP contribution < -0.4 is 11.3 Å². The molecule has 2 aromatic carbocycles. The van der Waals surface area contributed by atoms with Gasteiger partial charge in [-0.3, -0.25) is 14.6 Å². The molecule has 5 rings (SSSR count). The van der Waals surface area contributed by atoms with Gasteiger partial charge in [0, 0.05) is 42.0 Å². The number of carbonyl (C=O) groups excluding carboxylic acids is 1. The van der Waals surface area contributed by atoms with Crippen LogP contribution in [0.4, 0.5) is 0 Å². The maximum atomic E-state index is 13.6. The van der Waals surface area contributed by atoms with Gasteiger partial charge in [-0.25, -0.2) is 4.68 Å². The second-order valence-corrected chi connectivity index (χ2v) is 11.7. The molecule has 42 heavy (non-hydrogen) atoms. The van der Waals surface area contributed by atoms with Crippen LogP contribution in [0.2, 0.25) is 0 Å². The summed E-state index contributed by atoms with van der Waals surface area (Å²) >= 11 is 0. The first kappa shape index (κ1) is 28.8. The highest BCUT2D eigenvalue weighted by atomic mass is 16.3. The van der Waals surface area contributed by atoms with E-state index in [1.54, 1.807) is 30.6 Å². The highest BCUT2D eigenvalue weighted by molar-refractivity contribution is 5.94. The molecule has 216 valence electrons. The van der Waals surface area contributed by atoms with Crippen LogP contribution in [-0.4, -0.2) is 54.6 Å². The minimum Gasteiger partial charge on any atom is -0.392 e. The van der Waals surface area contributed by atoms with Crippen molar-refractivity contribution in [2.45, 2.75) is 45.8 Å². The minimum atomic E-state index is -0.621. The maximum Gasteiger partial charge on any atom is 0.279 e. The Bertz CT molecular complexity index is 1830. The Labute approximate surface area is 244 Å². The average Bonchev–Trinajstić information content (AvgIpc) is 3.37. The zero-order valence-electron chi connectivity index (χ0n) is 24.5. The number of pyridine rings is 1. The summed E-state index contributed by atoms with van der Waals surface area (Å²) in [7, 11) is 3.98. The number of aliphatic hydroxyl groups is 1. The lowest BCUT2D eigenvalue weighted by atomic mass is 9.86. The molecule has 0 aliphatic carbocycles. The number of aromatic nitrogens is 5. The molecule has 10 nitrogen and oxygen atoms in total. The van der Waals surface area contributed by atoms with E-state index >= 15 is 0 Å². The first-order chi connectivity index (χ1) is 20.0. The van der Waals surface area contributed by atoms with E-state index in [-0.39, 0.29) is 16.5 Å². The normalized spacial score (nSPS) is 11.9.